The largest absolute Gasteiger partial charge is 0.438 e. The first-order valence-electron chi connectivity index (χ1n) is 5.02. The molecule has 3 N–H and O–H groups in total. The van der Waals surface area contributed by atoms with E-state index in [1.54, 1.807) is 13.0 Å². The van der Waals surface area contributed by atoms with Crippen molar-refractivity contribution in [3.8, 4) is 11.6 Å². The summed E-state index contributed by atoms with van der Waals surface area (Å²) < 4.78 is 19.3. The minimum atomic E-state index is -0.400. The number of aromatic nitrogens is 2. The summed E-state index contributed by atoms with van der Waals surface area (Å²) in [7, 11) is 0. The second kappa shape index (κ2) is 5.28. The van der Waals surface area contributed by atoms with Gasteiger partial charge in [0, 0.05) is 10.5 Å². The van der Waals surface area contributed by atoms with Gasteiger partial charge in [-0.15, -0.1) is 0 Å². The van der Waals surface area contributed by atoms with Crippen molar-refractivity contribution in [2.45, 2.75) is 6.92 Å². The Kier molecular flexibility index (Phi) is 3.73. The number of halogens is 2. The van der Waals surface area contributed by atoms with Gasteiger partial charge in [-0.1, -0.05) is 15.9 Å². The Balaban J connectivity index is 2.34. The third-order valence-electron chi connectivity index (χ3n) is 2.23. The standard InChI is InChI=1S/C11H10BrFN4O/c1-6-10(17-14)15-5-16-11(6)18-9-3-7(12)2-8(13)4-9/h2-5H,14H2,1H3,(H,15,16,17). The number of benzene rings is 1. The Hall–Kier alpha value is -1.73. The lowest BCUT2D eigenvalue weighted by Gasteiger charge is -2.10. The summed E-state index contributed by atoms with van der Waals surface area (Å²) in [6.45, 7) is 1.75. The molecule has 1 aromatic heterocycles. The molecular weight excluding hydrogens is 303 g/mol. The lowest BCUT2D eigenvalue weighted by molar-refractivity contribution is 0.453. The maximum atomic E-state index is 13.2. The molecule has 5 nitrogen and oxygen atoms in total. The van der Waals surface area contributed by atoms with Crippen LogP contribution in [-0.4, -0.2) is 9.97 Å². The number of hydrazine groups is 1. The molecule has 18 heavy (non-hydrogen) atoms. The predicted molar refractivity (Wildman–Crippen MR) is 68.8 cm³/mol. The van der Waals surface area contributed by atoms with E-state index in [0.29, 0.717) is 27.5 Å². The molecule has 2 aromatic rings. The van der Waals surface area contributed by atoms with E-state index in [0.717, 1.165) is 0 Å². The fourth-order valence-electron chi connectivity index (χ4n) is 1.38. The molecule has 1 aromatic carbocycles. The molecule has 7 heteroatoms. The summed E-state index contributed by atoms with van der Waals surface area (Å²) >= 11 is 3.19. The fraction of sp³-hybridized carbons (Fsp3) is 0.0909. The van der Waals surface area contributed by atoms with Crippen LogP contribution in [0.1, 0.15) is 5.56 Å². The van der Waals surface area contributed by atoms with Crippen molar-refractivity contribution >= 4 is 21.7 Å². The number of nitrogens with two attached hydrogens (primary N) is 1. The van der Waals surface area contributed by atoms with Gasteiger partial charge < -0.3 is 10.2 Å². The lowest BCUT2D eigenvalue weighted by Crippen LogP contribution is -2.11. The number of ether oxygens (including phenoxy) is 1. The summed E-state index contributed by atoms with van der Waals surface area (Å²) in [5.41, 5.74) is 3.07. The molecule has 0 aliphatic heterocycles. The Morgan fingerprint density at radius 2 is 2.11 bits per heavy atom. The molecule has 0 amide bonds. The van der Waals surface area contributed by atoms with E-state index in [-0.39, 0.29) is 0 Å². The number of nitrogen functional groups attached to an aromatic ring is 1. The highest BCUT2D eigenvalue weighted by atomic mass is 79.9. The van der Waals surface area contributed by atoms with E-state index in [9.17, 15) is 4.39 Å². The minimum absolute atomic E-state index is 0.315. The molecule has 94 valence electrons. The van der Waals surface area contributed by atoms with Crippen LogP contribution in [0.3, 0.4) is 0 Å². The van der Waals surface area contributed by atoms with Crippen LogP contribution in [0.25, 0.3) is 0 Å². The number of nitrogens with zero attached hydrogens (tertiary/aromatic N) is 2. The second-order valence-corrected chi connectivity index (χ2v) is 4.42. The number of nitrogens with one attached hydrogen (secondary N) is 1. The van der Waals surface area contributed by atoms with Gasteiger partial charge in [0.2, 0.25) is 5.88 Å². The molecule has 0 atom stereocenters. The van der Waals surface area contributed by atoms with Crippen molar-refractivity contribution in [2.24, 2.45) is 5.84 Å². The van der Waals surface area contributed by atoms with Crippen molar-refractivity contribution in [2.75, 3.05) is 5.43 Å². The van der Waals surface area contributed by atoms with Gasteiger partial charge >= 0.3 is 0 Å². The fourth-order valence-corrected chi connectivity index (χ4v) is 1.83. The molecule has 0 unspecified atom stereocenters. The normalized spacial score (nSPS) is 10.2. The molecule has 0 bridgehead atoms. The zero-order chi connectivity index (χ0) is 13.1. The zero-order valence-electron chi connectivity index (χ0n) is 9.45. The van der Waals surface area contributed by atoms with Gasteiger partial charge in [0.1, 0.15) is 23.7 Å². The van der Waals surface area contributed by atoms with Crippen molar-refractivity contribution in [1.82, 2.24) is 9.97 Å². The molecule has 0 fully saturated rings. The van der Waals surface area contributed by atoms with E-state index in [1.165, 1.54) is 18.5 Å². The van der Waals surface area contributed by atoms with Gasteiger partial charge in [0.15, 0.2) is 0 Å². The highest BCUT2D eigenvalue weighted by Crippen LogP contribution is 2.28. The average Bonchev–Trinajstić information content (AvgIpc) is 2.30. The second-order valence-electron chi connectivity index (χ2n) is 3.50. The maximum absolute atomic E-state index is 13.2. The smallest absolute Gasteiger partial charge is 0.227 e. The third kappa shape index (κ3) is 2.74. The van der Waals surface area contributed by atoms with Gasteiger partial charge in [-0.2, -0.15) is 0 Å². The molecule has 0 aliphatic rings. The van der Waals surface area contributed by atoms with Gasteiger partial charge in [-0.3, -0.25) is 0 Å². The SMILES string of the molecule is Cc1c(NN)ncnc1Oc1cc(F)cc(Br)c1. The highest BCUT2D eigenvalue weighted by molar-refractivity contribution is 9.10. The van der Waals surface area contributed by atoms with Crippen molar-refractivity contribution < 1.29 is 9.13 Å². The van der Waals surface area contributed by atoms with E-state index in [4.69, 9.17) is 10.6 Å². The first-order chi connectivity index (χ1) is 8.60. The van der Waals surface area contributed by atoms with E-state index >= 15 is 0 Å². The van der Waals surface area contributed by atoms with Gasteiger partial charge in [-0.05, 0) is 19.1 Å². The molecule has 0 aliphatic carbocycles. The first kappa shape index (κ1) is 12.7. The summed E-state index contributed by atoms with van der Waals surface area (Å²) in [5.74, 6) is 6.01. The van der Waals surface area contributed by atoms with Crippen LogP contribution < -0.4 is 16.0 Å². The first-order valence-corrected chi connectivity index (χ1v) is 5.81. The topological polar surface area (TPSA) is 73.1 Å². The Morgan fingerprint density at radius 1 is 1.33 bits per heavy atom. The molecule has 0 radical (unpaired) electrons. The zero-order valence-corrected chi connectivity index (χ0v) is 11.0. The highest BCUT2D eigenvalue weighted by Gasteiger charge is 2.09. The molecule has 2 rings (SSSR count). The van der Waals surface area contributed by atoms with Crippen molar-refractivity contribution in [1.29, 1.82) is 0 Å². The van der Waals surface area contributed by atoms with E-state index in [1.807, 2.05) is 0 Å². The van der Waals surface area contributed by atoms with Crippen LogP contribution in [0.4, 0.5) is 10.2 Å². The van der Waals surface area contributed by atoms with Gasteiger partial charge in [0.05, 0.1) is 5.56 Å². The van der Waals surface area contributed by atoms with E-state index in [2.05, 4.69) is 31.3 Å². The van der Waals surface area contributed by atoms with Crippen LogP contribution >= 0.6 is 15.9 Å². The summed E-state index contributed by atoms with van der Waals surface area (Å²) in [4.78, 5) is 7.90. The third-order valence-corrected chi connectivity index (χ3v) is 2.68. The minimum Gasteiger partial charge on any atom is -0.438 e. The molecule has 0 spiro atoms. The summed E-state index contributed by atoms with van der Waals surface area (Å²) in [6.07, 6.45) is 1.31. The van der Waals surface area contributed by atoms with Crippen LogP contribution in [0.15, 0.2) is 29.0 Å². The van der Waals surface area contributed by atoms with Crippen molar-refractivity contribution in [3.05, 3.63) is 40.4 Å². The molecule has 0 saturated heterocycles. The summed E-state index contributed by atoms with van der Waals surface area (Å²) in [5, 5.41) is 0. The van der Waals surface area contributed by atoms with Crippen LogP contribution in [0.2, 0.25) is 0 Å². The number of hydrogen-bond donors (Lipinski definition) is 2. The van der Waals surface area contributed by atoms with Crippen molar-refractivity contribution in [3.63, 3.8) is 0 Å². The van der Waals surface area contributed by atoms with E-state index < -0.39 is 5.82 Å². The van der Waals surface area contributed by atoms with Crippen LogP contribution in [-0.2, 0) is 0 Å². The Morgan fingerprint density at radius 3 is 2.78 bits per heavy atom. The summed E-state index contributed by atoms with van der Waals surface area (Å²) in [6, 6.07) is 4.24. The lowest BCUT2D eigenvalue weighted by atomic mass is 10.3. The Labute approximate surface area is 111 Å². The van der Waals surface area contributed by atoms with Crippen LogP contribution in [0.5, 0.6) is 11.6 Å². The van der Waals surface area contributed by atoms with Crippen LogP contribution in [0, 0.1) is 12.7 Å². The predicted octanol–water partition coefficient (Wildman–Crippen LogP) is 2.76. The van der Waals surface area contributed by atoms with Gasteiger partial charge in [-0.25, -0.2) is 20.2 Å². The maximum Gasteiger partial charge on any atom is 0.227 e. The molecular formula is C11H10BrFN4O. The Bertz CT molecular complexity index is 559. The molecule has 1 heterocycles. The quantitative estimate of drug-likeness (QED) is 0.673. The number of hydrogen-bond acceptors (Lipinski definition) is 5. The average molecular weight is 313 g/mol. The monoisotopic (exact) mass is 312 g/mol. The number of rotatable bonds is 3. The van der Waals surface area contributed by atoms with Gasteiger partial charge in [0.25, 0.3) is 0 Å². The number of anilines is 1. The molecule has 0 saturated carbocycles.